The van der Waals surface area contributed by atoms with Crippen LogP contribution in [-0.4, -0.2) is 39.4 Å². The summed E-state index contributed by atoms with van der Waals surface area (Å²) in [6, 6.07) is 15.5. The molecule has 206 valence electrons. The number of thiazole rings is 1. The smallest absolute Gasteiger partial charge is 0.431 e. The lowest BCUT2D eigenvalue weighted by atomic mass is 9.94. The van der Waals surface area contributed by atoms with Crippen molar-refractivity contribution in [3.8, 4) is 6.07 Å². The van der Waals surface area contributed by atoms with E-state index in [-0.39, 0.29) is 36.1 Å². The Morgan fingerprint density at radius 2 is 1.59 bits per heavy atom. The summed E-state index contributed by atoms with van der Waals surface area (Å²) in [6.07, 6.45) is -12.7. The van der Waals surface area contributed by atoms with Crippen LogP contribution < -0.4 is 4.90 Å². The van der Waals surface area contributed by atoms with E-state index in [1.165, 1.54) is 24.3 Å². The van der Waals surface area contributed by atoms with Crippen molar-refractivity contribution in [3.05, 3.63) is 82.4 Å². The highest BCUT2D eigenvalue weighted by Crippen LogP contribution is 2.52. The number of benzene rings is 2. The molecule has 1 atom stereocenters. The second kappa shape index (κ2) is 11.4. The molecule has 0 saturated carbocycles. The number of anilines is 1. The van der Waals surface area contributed by atoms with Crippen LogP contribution >= 0.6 is 11.3 Å². The Balaban J connectivity index is 1.97. The molecule has 0 bridgehead atoms. The van der Waals surface area contributed by atoms with E-state index in [0.717, 1.165) is 4.90 Å². The molecule has 3 aromatic rings. The molecular formula is C25H19F6N3O4S. The van der Waals surface area contributed by atoms with Gasteiger partial charge in [-0.1, -0.05) is 53.8 Å². The second-order valence-electron chi connectivity index (χ2n) is 8.34. The van der Waals surface area contributed by atoms with Crippen LogP contribution in [0.3, 0.4) is 0 Å². The molecule has 14 heteroatoms. The highest BCUT2D eigenvalue weighted by molar-refractivity contribution is 7.15. The Labute approximate surface area is 221 Å². The third-order valence-corrected chi connectivity index (χ3v) is 6.90. The zero-order valence-electron chi connectivity index (χ0n) is 19.7. The summed E-state index contributed by atoms with van der Waals surface area (Å²) in [4.78, 5) is 27.8. The Morgan fingerprint density at radius 3 is 2.10 bits per heavy atom. The Morgan fingerprint density at radius 1 is 1.00 bits per heavy atom. The van der Waals surface area contributed by atoms with Gasteiger partial charge in [-0.2, -0.15) is 31.6 Å². The summed E-state index contributed by atoms with van der Waals surface area (Å²) in [6.45, 7) is -0.364. The van der Waals surface area contributed by atoms with Gasteiger partial charge >= 0.3 is 18.3 Å². The number of carbonyl (C=O) groups is 2. The van der Waals surface area contributed by atoms with Gasteiger partial charge in [0.2, 0.25) is 5.91 Å². The number of carbonyl (C=O) groups excluding carboxylic acids is 1. The predicted octanol–water partition coefficient (Wildman–Crippen LogP) is 5.51. The van der Waals surface area contributed by atoms with Crippen LogP contribution in [0.2, 0.25) is 0 Å². The maximum atomic E-state index is 13.4. The number of carboxylic acids is 1. The van der Waals surface area contributed by atoms with E-state index in [0.29, 0.717) is 11.1 Å². The fourth-order valence-electron chi connectivity index (χ4n) is 3.65. The molecule has 3 rings (SSSR count). The van der Waals surface area contributed by atoms with Gasteiger partial charge in [0.1, 0.15) is 0 Å². The van der Waals surface area contributed by atoms with Crippen molar-refractivity contribution in [1.82, 2.24) is 4.98 Å². The highest BCUT2D eigenvalue weighted by atomic mass is 32.1. The summed E-state index contributed by atoms with van der Waals surface area (Å²) in [5.41, 5.74) is -4.20. The number of aromatic nitrogens is 1. The van der Waals surface area contributed by atoms with Gasteiger partial charge in [0.25, 0.3) is 5.60 Å². The number of hydrogen-bond donors (Lipinski definition) is 2. The average Bonchev–Trinajstić information content (AvgIpc) is 3.36. The van der Waals surface area contributed by atoms with Gasteiger partial charge < -0.3 is 10.2 Å². The first-order valence-corrected chi connectivity index (χ1v) is 11.9. The zero-order valence-corrected chi connectivity index (χ0v) is 20.5. The number of halogens is 6. The first kappa shape index (κ1) is 29.6. The van der Waals surface area contributed by atoms with Crippen LogP contribution in [0, 0.1) is 11.3 Å². The Bertz CT molecular complexity index is 1340. The van der Waals surface area contributed by atoms with E-state index in [1.807, 2.05) is 6.07 Å². The number of aliphatic carboxylic acids is 1. The quantitative estimate of drug-likeness (QED) is 0.328. The largest absolute Gasteiger partial charge is 0.481 e. The molecule has 2 aromatic carbocycles. The number of carboxylic acid groups (broad SMARTS) is 1. The number of hydrogen-bond acceptors (Lipinski definition) is 6. The van der Waals surface area contributed by atoms with E-state index < -0.39 is 52.2 Å². The second-order valence-corrected chi connectivity index (χ2v) is 9.35. The normalized spacial score (nSPS) is 13.0. The molecule has 39 heavy (non-hydrogen) atoms. The number of nitrogens with zero attached hydrogens (tertiary/aromatic N) is 3. The van der Waals surface area contributed by atoms with Gasteiger partial charge in [-0.05, 0) is 29.7 Å². The number of alkyl halides is 6. The van der Waals surface area contributed by atoms with E-state index >= 15 is 0 Å². The van der Waals surface area contributed by atoms with Gasteiger partial charge in [0.15, 0.2) is 5.13 Å². The highest BCUT2D eigenvalue weighted by Gasteiger charge is 2.72. The Hall–Kier alpha value is -3.96. The number of nitriles is 1. The van der Waals surface area contributed by atoms with E-state index in [2.05, 4.69) is 4.98 Å². The van der Waals surface area contributed by atoms with Gasteiger partial charge in [0, 0.05) is 12.6 Å². The molecule has 0 saturated heterocycles. The van der Waals surface area contributed by atoms with Crippen LogP contribution in [0.25, 0.3) is 0 Å². The van der Waals surface area contributed by atoms with Gasteiger partial charge in [0.05, 0.1) is 29.0 Å². The van der Waals surface area contributed by atoms with Crippen LogP contribution in [0.4, 0.5) is 31.5 Å². The maximum absolute atomic E-state index is 13.4. The summed E-state index contributed by atoms with van der Waals surface area (Å²) in [5.74, 6) is -3.17. The van der Waals surface area contributed by atoms with E-state index in [9.17, 15) is 46.1 Å². The van der Waals surface area contributed by atoms with Crippen LogP contribution in [0.1, 0.15) is 40.3 Å². The molecule has 0 aliphatic rings. The van der Waals surface area contributed by atoms with Crippen molar-refractivity contribution < 1.29 is 46.1 Å². The molecular weight excluding hydrogens is 552 g/mol. The SMILES string of the molecule is N#Cc1ccc(CN(C(=O)CCC(C(=O)O)c2ccccc2)c2ncc(C(O)(C(F)(F)F)C(F)(F)F)s2)cc1. The van der Waals surface area contributed by atoms with Crippen molar-refractivity contribution in [3.63, 3.8) is 0 Å². The molecule has 0 aliphatic heterocycles. The lowest BCUT2D eigenvalue weighted by Crippen LogP contribution is -2.53. The first-order chi connectivity index (χ1) is 18.2. The summed E-state index contributed by atoms with van der Waals surface area (Å²) in [7, 11) is 0. The number of amides is 1. The van der Waals surface area contributed by atoms with Crippen molar-refractivity contribution in [2.45, 2.75) is 43.3 Å². The van der Waals surface area contributed by atoms with Crippen molar-refractivity contribution in [1.29, 1.82) is 5.26 Å². The van der Waals surface area contributed by atoms with Crippen LogP contribution in [-0.2, 0) is 21.7 Å². The molecule has 1 unspecified atom stereocenters. The first-order valence-electron chi connectivity index (χ1n) is 11.1. The fraction of sp³-hybridized carbons (Fsp3) is 0.280. The standard InChI is InChI=1S/C25H19F6N3O4S/c26-24(27,28)23(38,25(29,30)31)19-13-33-22(39-19)34(14-16-8-6-15(12-32)7-9-16)20(35)11-10-18(21(36)37)17-4-2-1-3-5-17/h1-9,13,18,38H,10-11,14H2,(H,36,37). The third kappa shape index (κ3) is 6.37. The summed E-state index contributed by atoms with van der Waals surface area (Å²) < 4.78 is 80.2. The molecule has 2 N–H and O–H groups in total. The van der Waals surface area contributed by atoms with Crippen molar-refractivity contribution >= 4 is 28.3 Å². The fourth-order valence-corrected chi connectivity index (χ4v) is 4.71. The summed E-state index contributed by atoms with van der Waals surface area (Å²) >= 11 is -0.171. The summed E-state index contributed by atoms with van der Waals surface area (Å²) in [5, 5.41) is 27.7. The maximum Gasteiger partial charge on any atom is 0.431 e. The Kier molecular flexibility index (Phi) is 8.67. The van der Waals surface area contributed by atoms with Crippen LogP contribution in [0.15, 0.2) is 60.8 Å². The molecule has 1 amide bonds. The lowest BCUT2D eigenvalue weighted by molar-refractivity contribution is -0.375. The minimum Gasteiger partial charge on any atom is -0.481 e. The van der Waals surface area contributed by atoms with Gasteiger partial charge in [-0.15, -0.1) is 0 Å². The zero-order chi connectivity index (χ0) is 29.0. The topological polar surface area (TPSA) is 115 Å². The lowest BCUT2D eigenvalue weighted by Gasteiger charge is -2.30. The third-order valence-electron chi connectivity index (χ3n) is 5.77. The molecule has 0 spiro atoms. The number of aliphatic hydroxyl groups is 1. The number of rotatable bonds is 9. The van der Waals surface area contributed by atoms with Crippen molar-refractivity contribution in [2.75, 3.05) is 4.90 Å². The average molecular weight is 571 g/mol. The molecule has 0 aliphatic carbocycles. The van der Waals surface area contributed by atoms with Gasteiger partial charge in [-0.3, -0.25) is 14.5 Å². The molecule has 1 aromatic heterocycles. The van der Waals surface area contributed by atoms with E-state index in [4.69, 9.17) is 5.26 Å². The van der Waals surface area contributed by atoms with E-state index in [1.54, 1.807) is 30.3 Å². The molecule has 1 heterocycles. The minimum absolute atomic E-state index is 0.171. The van der Waals surface area contributed by atoms with Crippen molar-refractivity contribution in [2.24, 2.45) is 0 Å². The monoisotopic (exact) mass is 571 g/mol. The molecule has 7 nitrogen and oxygen atoms in total. The molecule has 0 radical (unpaired) electrons. The minimum atomic E-state index is -6.14. The predicted molar refractivity (Wildman–Crippen MR) is 127 cm³/mol. The molecule has 0 fully saturated rings. The van der Waals surface area contributed by atoms with Gasteiger partial charge in [-0.25, -0.2) is 4.98 Å². The van der Waals surface area contributed by atoms with Crippen LogP contribution in [0.5, 0.6) is 0 Å².